The van der Waals surface area contributed by atoms with E-state index in [0.29, 0.717) is 13.1 Å². The predicted octanol–water partition coefficient (Wildman–Crippen LogP) is 4.34. The van der Waals surface area contributed by atoms with Crippen molar-refractivity contribution in [3.8, 4) is 16.9 Å². The number of nitrogens with zero attached hydrogens (tertiary/aromatic N) is 1. The van der Waals surface area contributed by atoms with Gasteiger partial charge in [-0.05, 0) is 42.7 Å². The summed E-state index contributed by atoms with van der Waals surface area (Å²) >= 11 is 0. The zero-order valence-corrected chi connectivity index (χ0v) is 13.9. The molecule has 23 heavy (non-hydrogen) atoms. The summed E-state index contributed by atoms with van der Waals surface area (Å²) in [5.41, 5.74) is 3.05. The first kappa shape index (κ1) is 16.9. The van der Waals surface area contributed by atoms with E-state index in [1.807, 2.05) is 62.4 Å². The Morgan fingerprint density at radius 2 is 1.78 bits per heavy atom. The molecule has 0 aliphatic heterocycles. The third-order valence-corrected chi connectivity index (χ3v) is 3.77. The summed E-state index contributed by atoms with van der Waals surface area (Å²) < 4.78 is 10.7. The van der Waals surface area contributed by atoms with Crippen molar-refractivity contribution in [1.29, 1.82) is 0 Å². The molecule has 2 aromatic rings. The number of ether oxygens (including phenoxy) is 2. The van der Waals surface area contributed by atoms with Gasteiger partial charge in [0.25, 0.3) is 0 Å². The molecule has 0 saturated heterocycles. The molecule has 0 radical (unpaired) electrons. The number of rotatable bonds is 6. The molecule has 0 aliphatic rings. The molecular formula is C19H23NO3. The van der Waals surface area contributed by atoms with E-state index >= 15 is 0 Å². The van der Waals surface area contributed by atoms with Crippen LogP contribution in [0.25, 0.3) is 11.1 Å². The first-order chi connectivity index (χ1) is 11.2. The second-order valence-corrected chi connectivity index (χ2v) is 5.12. The molecule has 0 saturated carbocycles. The fourth-order valence-electron chi connectivity index (χ4n) is 2.43. The molecule has 0 heterocycles. The molecule has 0 unspecified atom stereocenters. The lowest BCUT2D eigenvalue weighted by atomic mass is 10.00. The molecule has 0 spiro atoms. The summed E-state index contributed by atoms with van der Waals surface area (Å²) in [6.07, 6.45) is -0.282. The highest BCUT2D eigenvalue weighted by Gasteiger charge is 2.12. The highest BCUT2D eigenvalue weighted by molar-refractivity contribution is 5.70. The van der Waals surface area contributed by atoms with Crippen LogP contribution in [0.4, 0.5) is 4.79 Å². The maximum absolute atomic E-state index is 12.0. The van der Waals surface area contributed by atoms with Crippen LogP contribution in [-0.4, -0.2) is 31.2 Å². The average Bonchev–Trinajstić information content (AvgIpc) is 2.61. The Hall–Kier alpha value is -2.49. The fourth-order valence-corrected chi connectivity index (χ4v) is 2.43. The van der Waals surface area contributed by atoms with Crippen molar-refractivity contribution >= 4 is 6.09 Å². The zero-order chi connectivity index (χ0) is 16.7. The fraction of sp³-hybridized carbons (Fsp3) is 0.316. The third-order valence-electron chi connectivity index (χ3n) is 3.77. The largest absolute Gasteiger partial charge is 0.497 e. The summed E-state index contributed by atoms with van der Waals surface area (Å²) in [7, 11) is 1.65. The van der Waals surface area contributed by atoms with E-state index in [1.165, 1.54) is 0 Å². The minimum atomic E-state index is -0.282. The Kier molecular flexibility index (Phi) is 6.03. The molecule has 0 aromatic heterocycles. The molecule has 0 N–H and O–H groups in total. The number of carbonyl (C=O) groups excluding carboxylic acids is 1. The zero-order valence-electron chi connectivity index (χ0n) is 13.9. The second kappa shape index (κ2) is 8.22. The molecule has 4 heteroatoms. The molecule has 2 aromatic carbocycles. The topological polar surface area (TPSA) is 38.8 Å². The van der Waals surface area contributed by atoms with Crippen LogP contribution in [0.15, 0.2) is 48.5 Å². The molecule has 0 atom stereocenters. The summed E-state index contributed by atoms with van der Waals surface area (Å²) in [6.45, 7) is 5.42. The SMILES string of the molecule is CCN(CC)C(=O)OCc1ccccc1-c1cccc(OC)c1. The maximum Gasteiger partial charge on any atom is 0.410 e. The quantitative estimate of drug-likeness (QED) is 0.796. The van der Waals surface area contributed by atoms with Gasteiger partial charge in [0.2, 0.25) is 0 Å². The van der Waals surface area contributed by atoms with Gasteiger partial charge in [-0.25, -0.2) is 4.79 Å². The van der Waals surface area contributed by atoms with Gasteiger partial charge >= 0.3 is 6.09 Å². The minimum absolute atomic E-state index is 0.253. The van der Waals surface area contributed by atoms with E-state index in [4.69, 9.17) is 9.47 Å². The number of hydrogen-bond acceptors (Lipinski definition) is 3. The molecule has 1 amide bonds. The lowest BCUT2D eigenvalue weighted by molar-refractivity contribution is 0.100. The summed E-state index contributed by atoms with van der Waals surface area (Å²) in [5.74, 6) is 0.803. The van der Waals surface area contributed by atoms with E-state index in [0.717, 1.165) is 22.4 Å². The molecule has 0 aliphatic carbocycles. The van der Waals surface area contributed by atoms with Gasteiger partial charge in [-0.3, -0.25) is 0 Å². The van der Waals surface area contributed by atoms with Crippen LogP contribution >= 0.6 is 0 Å². The highest BCUT2D eigenvalue weighted by Crippen LogP contribution is 2.27. The van der Waals surface area contributed by atoms with Crippen LogP contribution in [0, 0.1) is 0 Å². The first-order valence-corrected chi connectivity index (χ1v) is 7.83. The molecule has 0 fully saturated rings. The van der Waals surface area contributed by atoms with E-state index < -0.39 is 0 Å². The summed E-state index contributed by atoms with van der Waals surface area (Å²) in [6, 6.07) is 15.8. The summed E-state index contributed by atoms with van der Waals surface area (Å²) in [5, 5.41) is 0. The van der Waals surface area contributed by atoms with Crippen LogP contribution in [-0.2, 0) is 11.3 Å². The van der Waals surface area contributed by atoms with Crippen molar-refractivity contribution in [3.63, 3.8) is 0 Å². The van der Waals surface area contributed by atoms with Gasteiger partial charge in [0.05, 0.1) is 7.11 Å². The Balaban J connectivity index is 2.19. The summed E-state index contributed by atoms with van der Waals surface area (Å²) in [4.78, 5) is 13.7. The molecule has 4 nitrogen and oxygen atoms in total. The van der Waals surface area contributed by atoms with Crippen molar-refractivity contribution in [1.82, 2.24) is 4.90 Å². The smallest absolute Gasteiger partial charge is 0.410 e. The van der Waals surface area contributed by atoms with Gasteiger partial charge in [-0.2, -0.15) is 0 Å². The van der Waals surface area contributed by atoms with Gasteiger partial charge in [0, 0.05) is 13.1 Å². The Morgan fingerprint density at radius 3 is 2.48 bits per heavy atom. The van der Waals surface area contributed by atoms with Gasteiger partial charge in [-0.1, -0.05) is 36.4 Å². The van der Waals surface area contributed by atoms with Gasteiger partial charge in [0.15, 0.2) is 0 Å². The number of carbonyl (C=O) groups is 1. The average molecular weight is 313 g/mol. The van der Waals surface area contributed by atoms with Gasteiger partial charge in [0.1, 0.15) is 12.4 Å². The molecule has 2 rings (SSSR count). The van der Waals surface area contributed by atoms with E-state index in [9.17, 15) is 4.79 Å². The van der Waals surface area contributed by atoms with Crippen LogP contribution < -0.4 is 4.74 Å². The number of benzene rings is 2. The predicted molar refractivity (Wildman–Crippen MR) is 91.5 cm³/mol. The van der Waals surface area contributed by atoms with Crippen LogP contribution in [0.3, 0.4) is 0 Å². The number of hydrogen-bond donors (Lipinski definition) is 0. The Labute approximate surface area is 137 Å². The first-order valence-electron chi connectivity index (χ1n) is 7.83. The van der Waals surface area contributed by atoms with Gasteiger partial charge < -0.3 is 14.4 Å². The lowest BCUT2D eigenvalue weighted by Gasteiger charge is -2.19. The van der Waals surface area contributed by atoms with Crippen LogP contribution in [0.2, 0.25) is 0 Å². The van der Waals surface area contributed by atoms with Crippen molar-refractivity contribution in [2.45, 2.75) is 20.5 Å². The van der Waals surface area contributed by atoms with E-state index in [1.54, 1.807) is 12.0 Å². The van der Waals surface area contributed by atoms with Gasteiger partial charge in [-0.15, -0.1) is 0 Å². The number of methoxy groups -OCH3 is 1. The van der Waals surface area contributed by atoms with E-state index in [2.05, 4.69) is 0 Å². The van der Waals surface area contributed by atoms with Crippen molar-refractivity contribution in [3.05, 3.63) is 54.1 Å². The standard InChI is InChI=1S/C19H23NO3/c1-4-20(5-2)19(21)23-14-16-9-6-7-12-18(16)15-10-8-11-17(13-15)22-3/h6-13H,4-5,14H2,1-3H3. The van der Waals surface area contributed by atoms with Crippen LogP contribution in [0.1, 0.15) is 19.4 Å². The Morgan fingerprint density at radius 1 is 1.04 bits per heavy atom. The molecule has 0 bridgehead atoms. The monoisotopic (exact) mass is 313 g/mol. The van der Waals surface area contributed by atoms with Crippen molar-refractivity contribution < 1.29 is 14.3 Å². The molecule has 122 valence electrons. The van der Waals surface area contributed by atoms with Crippen molar-refractivity contribution in [2.75, 3.05) is 20.2 Å². The maximum atomic E-state index is 12.0. The number of amides is 1. The third kappa shape index (κ3) is 4.25. The lowest BCUT2D eigenvalue weighted by Crippen LogP contribution is -2.30. The molecular weight excluding hydrogens is 290 g/mol. The normalized spacial score (nSPS) is 10.2. The van der Waals surface area contributed by atoms with Crippen molar-refractivity contribution in [2.24, 2.45) is 0 Å². The van der Waals surface area contributed by atoms with E-state index in [-0.39, 0.29) is 12.7 Å². The highest BCUT2D eigenvalue weighted by atomic mass is 16.6. The second-order valence-electron chi connectivity index (χ2n) is 5.12. The van der Waals surface area contributed by atoms with Crippen LogP contribution in [0.5, 0.6) is 5.75 Å². The minimum Gasteiger partial charge on any atom is -0.497 e. The Bertz CT molecular complexity index is 651.